The summed E-state index contributed by atoms with van der Waals surface area (Å²) in [6.07, 6.45) is 0.0202. The van der Waals surface area contributed by atoms with Crippen molar-refractivity contribution < 1.29 is 28.7 Å². The van der Waals surface area contributed by atoms with Gasteiger partial charge in [-0.2, -0.15) is 0 Å². The average Bonchev–Trinajstić information content (AvgIpc) is 2.66. The maximum Gasteiger partial charge on any atom is 0.308 e. The van der Waals surface area contributed by atoms with E-state index in [0.29, 0.717) is 17.1 Å². The number of methoxy groups -OCH3 is 2. The molecule has 138 valence electrons. The summed E-state index contributed by atoms with van der Waals surface area (Å²) in [6, 6.07) is 11.7. The zero-order chi connectivity index (χ0) is 18.9. The van der Waals surface area contributed by atoms with Crippen LogP contribution in [0.2, 0.25) is 0 Å². The van der Waals surface area contributed by atoms with Crippen LogP contribution in [0.4, 0.5) is 5.69 Å². The normalized spacial score (nSPS) is 10.1. The largest absolute Gasteiger partial charge is 0.493 e. The van der Waals surface area contributed by atoms with Crippen LogP contribution in [-0.2, 0) is 16.1 Å². The fourth-order valence-corrected chi connectivity index (χ4v) is 2.17. The lowest BCUT2D eigenvalue weighted by Crippen LogP contribution is -2.09. The van der Waals surface area contributed by atoms with Crippen LogP contribution in [0, 0.1) is 10.1 Å². The molecule has 2 rings (SSSR count). The third-order valence-corrected chi connectivity index (χ3v) is 3.49. The highest BCUT2D eigenvalue weighted by Crippen LogP contribution is 2.35. The van der Waals surface area contributed by atoms with Gasteiger partial charge >= 0.3 is 5.97 Å². The first-order chi connectivity index (χ1) is 12.5. The molecule has 0 radical (unpaired) electrons. The molecule has 0 N–H and O–H groups in total. The summed E-state index contributed by atoms with van der Waals surface area (Å²) in [5.74, 6) is 0.643. The molecule has 0 fully saturated rings. The Kier molecular flexibility index (Phi) is 6.78. The standard InChI is InChI=1S/C18H19NO7/c1-23-16-10-13(12-26-14-6-4-3-5-7-14)15(19(21)22)11-17(16)25-9-8-18(20)24-2/h3-7,10-11H,8-9,12H2,1-2H3. The highest BCUT2D eigenvalue weighted by molar-refractivity contribution is 5.69. The number of esters is 1. The van der Waals surface area contributed by atoms with Crippen LogP contribution in [0.1, 0.15) is 12.0 Å². The van der Waals surface area contributed by atoms with E-state index in [1.54, 1.807) is 12.1 Å². The quantitative estimate of drug-likeness (QED) is 0.384. The minimum absolute atomic E-state index is 0.000866. The van der Waals surface area contributed by atoms with Crippen molar-refractivity contribution in [2.75, 3.05) is 20.8 Å². The van der Waals surface area contributed by atoms with Gasteiger partial charge in [0.25, 0.3) is 5.69 Å². The van der Waals surface area contributed by atoms with E-state index in [9.17, 15) is 14.9 Å². The molecule has 0 aromatic heterocycles. The number of carbonyl (C=O) groups is 1. The first-order valence-corrected chi connectivity index (χ1v) is 7.78. The molecule has 0 unspecified atom stereocenters. The highest BCUT2D eigenvalue weighted by atomic mass is 16.6. The predicted molar refractivity (Wildman–Crippen MR) is 92.6 cm³/mol. The molecule has 0 spiro atoms. The van der Waals surface area contributed by atoms with E-state index < -0.39 is 10.9 Å². The lowest BCUT2D eigenvalue weighted by molar-refractivity contribution is -0.385. The van der Waals surface area contributed by atoms with Crippen molar-refractivity contribution in [2.45, 2.75) is 13.0 Å². The van der Waals surface area contributed by atoms with Gasteiger partial charge in [0.05, 0.1) is 43.8 Å². The second-order valence-electron chi connectivity index (χ2n) is 5.17. The van der Waals surface area contributed by atoms with E-state index in [2.05, 4.69) is 4.74 Å². The molecule has 2 aromatic carbocycles. The number of hydrogen-bond donors (Lipinski definition) is 0. The number of hydrogen-bond acceptors (Lipinski definition) is 7. The second-order valence-corrected chi connectivity index (χ2v) is 5.17. The maximum atomic E-state index is 11.4. The van der Waals surface area contributed by atoms with E-state index >= 15 is 0 Å². The van der Waals surface area contributed by atoms with Crippen LogP contribution < -0.4 is 14.2 Å². The number of para-hydroxylation sites is 1. The van der Waals surface area contributed by atoms with Gasteiger partial charge in [-0.3, -0.25) is 14.9 Å². The molecule has 0 heterocycles. The summed E-state index contributed by atoms with van der Waals surface area (Å²) < 4.78 is 20.8. The van der Waals surface area contributed by atoms with Crippen molar-refractivity contribution in [3.05, 3.63) is 58.1 Å². The summed E-state index contributed by atoms with van der Waals surface area (Å²) in [4.78, 5) is 22.0. The number of benzene rings is 2. The fraction of sp³-hybridized carbons (Fsp3) is 0.278. The van der Waals surface area contributed by atoms with Gasteiger partial charge in [-0.25, -0.2) is 0 Å². The van der Waals surface area contributed by atoms with E-state index in [0.717, 1.165) is 0 Å². The molecule has 0 bridgehead atoms. The molecule has 8 nitrogen and oxygen atoms in total. The smallest absolute Gasteiger partial charge is 0.308 e. The molecule has 0 saturated heterocycles. The molecule has 0 atom stereocenters. The van der Waals surface area contributed by atoms with Gasteiger partial charge in [0.1, 0.15) is 12.4 Å². The fourth-order valence-electron chi connectivity index (χ4n) is 2.17. The zero-order valence-electron chi connectivity index (χ0n) is 14.5. The summed E-state index contributed by atoms with van der Waals surface area (Å²) in [5.41, 5.74) is 0.186. The number of ether oxygens (including phenoxy) is 4. The Bertz CT molecular complexity index is 762. The number of rotatable bonds is 9. The van der Waals surface area contributed by atoms with Gasteiger partial charge in [-0.05, 0) is 18.2 Å². The first-order valence-electron chi connectivity index (χ1n) is 7.78. The Balaban J connectivity index is 2.19. The summed E-state index contributed by atoms with van der Waals surface area (Å²) in [7, 11) is 2.70. The molecular formula is C18H19NO7. The van der Waals surface area contributed by atoms with Crippen molar-refractivity contribution in [3.8, 4) is 17.2 Å². The van der Waals surface area contributed by atoms with Gasteiger partial charge in [0.2, 0.25) is 0 Å². The Labute approximate surface area is 150 Å². The van der Waals surface area contributed by atoms with E-state index in [1.807, 2.05) is 18.2 Å². The van der Waals surface area contributed by atoms with E-state index in [-0.39, 0.29) is 31.1 Å². The Morgan fingerprint density at radius 2 is 1.81 bits per heavy atom. The van der Waals surface area contributed by atoms with Crippen molar-refractivity contribution in [3.63, 3.8) is 0 Å². The van der Waals surface area contributed by atoms with Crippen LogP contribution in [0.25, 0.3) is 0 Å². The predicted octanol–water partition coefficient (Wildman–Crippen LogP) is 3.12. The topological polar surface area (TPSA) is 97.1 Å². The molecule has 0 aliphatic heterocycles. The van der Waals surface area contributed by atoms with Crippen molar-refractivity contribution >= 4 is 11.7 Å². The molecular weight excluding hydrogens is 342 g/mol. The Morgan fingerprint density at radius 1 is 1.08 bits per heavy atom. The third-order valence-electron chi connectivity index (χ3n) is 3.49. The summed E-state index contributed by atoms with van der Waals surface area (Å²) in [6.45, 7) is 0.0131. The molecule has 8 heteroatoms. The monoisotopic (exact) mass is 361 g/mol. The van der Waals surface area contributed by atoms with Crippen LogP contribution in [-0.4, -0.2) is 31.7 Å². The van der Waals surface area contributed by atoms with Crippen LogP contribution in [0.15, 0.2) is 42.5 Å². The molecule has 0 saturated carbocycles. The van der Waals surface area contributed by atoms with Crippen LogP contribution >= 0.6 is 0 Å². The van der Waals surface area contributed by atoms with Crippen LogP contribution in [0.5, 0.6) is 17.2 Å². The number of nitrogens with zero attached hydrogens (tertiary/aromatic N) is 1. The average molecular weight is 361 g/mol. The molecule has 0 amide bonds. The van der Waals surface area contributed by atoms with Crippen LogP contribution in [0.3, 0.4) is 0 Å². The lowest BCUT2D eigenvalue weighted by Gasteiger charge is -2.13. The van der Waals surface area contributed by atoms with Crippen molar-refractivity contribution in [2.24, 2.45) is 0 Å². The van der Waals surface area contributed by atoms with Crippen molar-refractivity contribution in [1.82, 2.24) is 0 Å². The first kappa shape index (κ1) is 19.0. The zero-order valence-corrected chi connectivity index (χ0v) is 14.5. The van der Waals surface area contributed by atoms with Gasteiger partial charge in [-0.15, -0.1) is 0 Å². The molecule has 0 aliphatic carbocycles. The van der Waals surface area contributed by atoms with E-state index in [1.165, 1.54) is 26.4 Å². The number of nitro groups is 1. The Morgan fingerprint density at radius 3 is 2.42 bits per heavy atom. The number of carbonyl (C=O) groups excluding carboxylic acids is 1. The van der Waals surface area contributed by atoms with Gasteiger partial charge in [0, 0.05) is 0 Å². The van der Waals surface area contributed by atoms with Crippen molar-refractivity contribution in [1.29, 1.82) is 0 Å². The van der Waals surface area contributed by atoms with Gasteiger partial charge < -0.3 is 18.9 Å². The minimum atomic E-state index is -0.518. The molecule has 0 aliphatic rings. The van der Waals surface area contributed by atoms with E-state index in [4.69, 9.17) is 14.2 Å². The summed E-state index contributed by atoms with van der Waals surface area (Å²) in [5, 5.41) is 11.4. The second kappa shape index (κ2) is 9.26. The summed E-state index contributed by atoms with van der Waals surface area (Å²) >= 11 is 0. The Hall–Kier alpha value is -3.29. The SMILES string of the molecule is COC(=O)CCOc1cc([N+](=O)[O-])c(COc2ccccc2)cc1OC. The maximum absolute atomic E-state index is 11.4. The minimum Gasteiger partial charge on any atom is -0.493 e. The number of nitro benzene ring substituents is 1. The third kappa shape index (κ3) is 5.10. The molecule has 26 heavy (non-hydrogen) atoms. The van der Waals surface area contributed by atoms with Gasteiger partial charge in [0.15, 0.2) is 11.5 Å². The highest BCUT2D eigenvalue weighted by Gasteiger charge is 2.20. The molecule has 2 aromatic rings. The van der Waals surface area contributed by atoms with Gasteiger partial charge in [-0.1, -0.05) is 18.2 Å². The lowest BCUT2D eigenvalue weighted by atomic mass is 10.1.